The summed E-state index contributed by atoms with van der Waals surface area (Å²) < 4.78 is 11.0. The van der Waals surface area contributed by atoms with Crippen molar-refractivity contribution in [2.45, 2.75) is 38.7 Å². The Bertz CT molecular complexity index is 508. The maximum absolute atomic E-state index is 5.68. The van der Waals surface area contributed by atoms with Crippen molar-refractivity contribution in [2.24, 2.45) is 5.92 Å². The van der Waals surface area contributed by atoms with Crippen LogP contribution in [-0.4, -0.2) is 32.8 Å². The Morgan fingerprint density at radius 1 is 1.47 bits per heavy atom. The fourth-order valence-electron chi connectivity index (χ4n) is 2.50. The first-order chi connectivity index (χ1) is 9.35. The van der Waals surface area contributed by atoms with Gasteiger partial charge in [-0.25, -0.2) is 4.98 Å². The molecule has 1 aliphatic heterocycles. The van der Waals surface area contributed by atoms with Crippen molar-refractivity contribution in [3.05, 3.63) is 18.3 Å². The number of hydrogen-bond donors (Lipinski definition) is 1. The molecule has 0 aliphatic carbocycles. The highest BCUT2D eigenvalue weighted by Gasteiger charge is 2.23. The van der Waals surface area contributed by atoms with Crippen molar-refractivity contribution in [1.29, 1.82) is 0 Å². The predicted octanol–water partition coefficient (Wildman–Crippen LogP) is 2.21. The van der Waals surface area contributed by atoms with Gasteiger partial charge in [0.1, 0.15) is 0 Å². The summed E-state index contributed by atoms with van der Waals surface area (Å²) in [6, 6.07) is 0. The molecule has 1 aliphatic rings. The zero-order valence-corrected chi connectivity index (χ0v) is 11.0. The van der Waals surface area contributed by atoms with Gasteiger partial charge in [0.05, 0.1) is 6.10 Å². The van der Waals surface area contributed by atoms with Gasteiger partial charge < -0.3 is 14.2 Å². The number of ether oxygens (including phenoxy) is 1. The molecule has 0 spiro atoms. The van der Waals surface area contributed by atoms with E-state index >= 15 is 0 Å². The Morgan fingerprint density at radius 2 is 2.42 bits per heavy atom. The number of aromatic nitrogens is 4. The van der Waals surface area contributed by atoms with Crippen LogP contribution in [0.1, 0.15) is 32.1 Å². The van der Waals surface area contributed by atoms with Crippen molar-refractivity contribution in [2.75, 3.05) is 6.61 Å². The highest BCUT2D eigenvalue weighted by molar-refractivity contribution is 5.40. The number of nitrogens with one attached hydrogen (secondary N) is 1. The minimum Gasteiger partial charge on any atom is -0.378 e. The van der Waals surface area contributed by atoms with Crippen LogP contribution in [0.2, 0.25) is 0 Å². The minimum absolute atomic E-state index is 0.381. The lowest BCUT2D eigenvalue weighted by Crippen LogP contribution is -2.26. The highest BCUT2D eigenvalue weighted by atomic mass is 16.5. The van der Waals surface area contributed by atoms with Gasteiger partial charge in [-0.2, -0.15) is 4.98 Å². The zero-order chi connectivity index (χ0) is 13.1. The number of H-pyrrole nitrogens is 1. The number of rotatable bonds is 4. The third kappa shape index (κ3) is 2.84. The fourth-order valence-corrected chi connectivity index (χ4v) is 2.50. The maximum Gasteiger partial charge on any atom is 0.238 e. The van der Waals surface area contributed by atoms with Crippen molar-refractivity contribution >= 4 is 0 Å². The van der Waals surface area contributed by atoms with E-state index < -0.39 is 0 Å². The zero-order valence-electron chi connectivity index (χ0n) is 11.0. The molecule has 2 aromatic heterocycles. The summed E-state index contributed by atoms with van der Waals surface area (Å²) in [7, 11) is 0. The van der Waals surface area contributed by atoms with Crippen LogP contribution < -0.4 is 0 Å². The summed E-state index contributed by atoms with van der Waals surface area (Å²) >= 11 is 0. The summed E-state index contributed by atoms with van der Waals surface area (Å²) in [5.74, 6) is 2.43. The van der Waals surface area contributed by atoms with Gasteiger partial charge in [-0.15, -0.1) is 0 Å². The molecule has 102 valence electrons. The molecule has 3 heterocycles. The second-order valence-electron chi connectivity index (χ2n) is 4.95. The van der Waals surface area contributed by atoms with Crippen molar-refractivity contribution < 1.29 is 9.26 Å². The summed E-state index contributed by atoms with van der Waals surface area (Å²) in [6.07, 6.45) is 7.84. The second kappa shape index (κ2) is 5.52. The molecule has 0 bridgehead atoms. The van der Waals surface area contributed by atoms with E-state index in [1.807, 2.05) is 0 Å². The van der Waals surface area contributed by atoms with Crippen LogP contribution in [0.5, 0.6) is 0 Å². The molecule has 1 fully saturated rings. The normalized spacial score (nSPS) is 23.6. The minimum atomic E-state index is 0.381. The summed E-state index contributed by atoms with van der Waals surface area (Å²) in [5.41, 5.74) is 0. The van der Waals surface area contributed by atoms with E-state index in [1.165, 1.54) is 0 Å². The number of aromatic amines is 1. The Labute approximate surface area is 111 Å². The largest absolute Gasteiger partial charge is 0.378 e. The second-order valence-corrected chi connectivity index (χ2v) is 4.95. The van der Waals surface area contributed by atoms with Gasteiger partial charge in [-0.05, 0) is 25.2 Å². The average Bonchev–Trinajstić information content (AvgIpc) is 3.09. The first-order valence-electron chi connectivity index (χ1n) is 6.79. The van der Waals surface area contributed by atoms with Gasteiger partial charge in [0.25, 0.3) is 0 Å². The molecule has 6 nitrogen and oxygen atoms in total. The lowest BCUT2D eigenvalue weighted by molar-refractivity contribution is -0.0115. The van der Waals surface area contributed by atoms with Crippen molar-refractivity contribution in [3.63, 3.8) is 0 Å². The van der Waals surface area contributed by atoms with Crippen LogP contribution in [0, 0.1) is 5.92 Å². The molecule has 2 unspecified atom stereocenters. The van der Waals surface area contributed by atoms with E-state index in [-0.39, 0.29) is 0 Å². The van der Waals surface area contributed by atoms with Crippen LogP contribution in [0.4, 0.5) is 0 Å². The summed E-state index contributed by atoms with van der Waals surface area (Å²) in [4.78, 5) is 11.5. The highest BCUT2D eigenvalue weighted by Crippen LogP contribution is 2.25. The predicted molar refractivity (Wildman–Crippen MR) is 68.3 cm³/mol. The van der Waals surface area contributed by atoms with Gasteiger partial charge >= 0.3 is 0 Å². The first kappa shape index (κ1) is 12.3. The van der Waals surface area contributed by atoms with Crippen LogP contribution >= 0.6 is 0 Å². The fraction of sp³-hybridized carbons (Fsp3) is 0.615. The average molecular weight is 262 g/mol. The Morgan fingerprint density at radius 3 is 3.21 bits per heavy atom. The smallest absolute Gasteiger partial charge is 0.238 e. The summed E-state index contributed by atoms with van der Waals surface area (Å²) in [5, 5.41) is 3.95. The molecule has 1 N–H and O–H groups in total. The van der Waals surface area contributed by atoms with Crippen molar-refractivity contribution in [3.8, 4) is 11.6 Å². The van der Waals surface area contributed by atoms with Gasteiger partial charge in [-0.3, -0.25) is 0 Å². The number of hydrogen-bond acceptors (Lipinski definition) is 5. The van der Waals surface area contributed by atoms with E-state index in [0.717, 1.165) is 32.3 Å². The molecule has 0 aromatic carbocycles. The number of nitrogens with zero attached hydrogens (tertiary/aromatic N) is 3. The quantitative estimate of drug-likeness (QED) is 0.914. The molecule has 6 heteroatoms. The Hall–Kier alpha value is -1.69. The molecule has 1 saturated heterocycles. The Kier molecular flexibility index (Phi) is 3.59. The van der Waals surface area contributed by atoms with Crippen LogP contribution in [-0.2, 0) is 11.2 Å². The molecule has 0 saturated carbocycles. The standard InChI is InChI=1S/C13H18N4O2/c1-2-10-7-9(3-6-18-10)8-11-16-13(17-19-11)12-14-4-5-15-12/h4-5,9-10H,2-3,6-8H2,1H3,(H,14,15). The van der Waals surface area contributed by atoms with Gasteiger partial charge in [0, 0.05) is 25.4 Å². The lowest BCUT2D eigenvalue weighted by atomic mass is 9.91. The molecule has 3 rings (SSSR count). The Balaban J connectivity index is 1.64. The molecule has 2 atom stereocenters. The van der Waals surface area contributed by atoms with Gasteiger partial charge in [0.15, 0.2) is 5.82 Å². The van der Waals surface area contributed by atoms with Crippen molar-refractivity contribution in [1.82, 2.24) is 20.1 Å². The van der Waals surface area contributed by atoms with Crippen LogP contribution in [0.15, 0.2) is 16.9 Å². The third-order valence-corrected chi connectivity index (χ3v) is 3.57. The lowest BCUT2D eigenvalue weighted by Gasteiger charge is -2.27. The van der Waals surface area contributed by atoms with E-state index in [4.69, 9.17) is 9.26 Å². The van der Waals surface area contributed by atoms with E-state index in [2.05, 4.69) is 27.0 Å². The van der Waals surface area contributed by atoms with E-state index in [0.29, 0.717) is 29.6 Å². The summed E-state index contributed by atoms with van der Waals surface area (Å²) in [6.45, 7) is 3.00. The first-order valence-corrected chi connectivity index (χ1v) is 6.79. The number of imidazole rings is 1. The van der Waals surface area contributed by atoms with Gasteiger partial charge in [-0.1, -0.05) is 12.1 Å². The molecule has 0 amide bonds. The SMILES string of the molecule is CCC1CC(Cc2nc(-c3ncc[nH]3)no2)CCO1. The topological polar surface area (TPSA) is 76.8 Å². The molecule has 2 aromatic rings. The van der Waals surface area contributed by atoms with Gasteiger partial charge in [0.2, 0.25) is 11.7 Å². The van der Waals surface area contributed by atoms with Crippen LogP contribution in [0.25, 0.3) is 11.6 Å². The molecular formula is C13H18N4O2. The third-order valence-electron chi connectivity index (χ3n) is 3.57. The monoisotopic (exact) mass is 262 g/mol. The van der Waals surface area contributed by atoms with E-state index in [1.54, 1.807) is 12.4 Å². The maximum atomic E-state index is 5.68. The molecule has 0 radical (unpaired) electrons. The van der Waals surface area contributed by atoms with Crippen LogP contribution in [0.3, 0.4) is 0 Å². The molecule has 19 heavy (non-hydrogen) atoms. The van der Waals surface area contributed by atoms with E-state index in [9.17, 15) is 0 Å². The molecular weight excluding hydrogens is 244 g/mol.